The van der Waals surface area contributed by atoms with Crippen LogP contribution in [0.2, 0.25) is 0 Å². The largest absolute Gasteiger partial charge is 0.469 e. The number of rotatable bonds is 13. The molecule has 0 bridgehead atoms. The van der Waals surface area contributed by atoms with Crippen LogP contribution in [0.3, 0.4) is 0 Å². The number of esters is 2. The summed E-state index contributed by atoms with van der Waals surface area (Å²) in [5, 5.41) is 13.7. The van der Waals surface area contributed by atoms with Crippen molar-refractivity contribution in [3.8, 4) is 0 Å². The molecule has 2 rings (SSSR count). The Morgan fingerprint density at radius 2 is 1.86 bits per heavy atom. The predicted octanol–water partition coefficient (Wildman–Crippen LogP) is 2.99. The van der Waals surface area contributed by atoms with Crippen molar-refractivity contribution in [1.82, 2.24) is 15.3 Å². The van der Waals surface area contributed by atoms with E-state index in [0.29, 0.717) is 12.0 Å². The summed E-state index contributed by atoms with van der Waals surface area (Å²) >= 11 is 0. The lowest BCUT2D eigenvalue weighted by atomic mass is 9.83. The number of nitro benzene ring substituents is 1. The highest BCUT2D eigenvalue weighted by Gasteiger charge is 2.33. The molecule has 36 heavy (non-hydrogen) atoms. The van der Waals surface area contributed by atoms with E-state index in [1.54, 1.807) is 20.0 Å². The highest BCUT2D eigenvalue weighted by molar-refractivity contribution is 5.81. The summed E-state index contributed by atoms with van der Waals surface area (Å²) in [6, 6.07) is 5.65. The third kappa shape index (κ3) is 8.79. The Morgan fingerprint density at radius 1 is 1.19 bits per heavy atom. The van der Waals surface area contributed by atoms with Gasteiger partial charge in [0.05, 0.1) is 36.2 Å². The minimum absolute atomic E-state index is 0.0505. The number of amides is 1. The molecule has 1 aromatic carbocycles. The van der Waals surface area contributed by atoms with Crippen molar-refractivity contribution in [2.45, 2.75) is 52.5 Å². The average molecular weight is 503 g/mol. The van der Waals surface area contributed by atoms with Gasteiger partial charge in [-0.05, 0) is 31.7 Å². The number of hydrogen-bond donors (Lipinski definition) is 2. The van der Waals surface area contributed by atoms with Gasteiger partial charge in [0.1, 0.15) is 6.61 Å². The van der Waals surface area contributed by atoms with Gasteiger partial charge in [0.25, 0.3) is 5.69 Å². The van der Waals surface area contributed by atoms with Crippen molar-refractivity contribution in [3.05, 3.63) is 58.2 Å². The van der Waals surface area contributed by atoms with E-state index in [9.17, 15) is 24.5 Å². The number of benzene rings is 1. The first kappa shape index (κ1) is 28.5. The van der Waals surface area contributed by atoms with E-state index in [1.165, 1.54) is 37.7 Å². The van der Waals surface area contributed by atoms with Gasteiger partial charge in [0.15, 0.2) is 0 Å². The number of imidazole rings is 1. The van der Waals surface area contributed by atoms with Gasteiger partial charge in [0.2, 0.25) is 5.91 Å². The second-order valence-corrected chi connectivity index (χ2v) is 9.72. The topological polar surface area (TPSA) is 154 Å². The molecule has 0 saturated carbocycles. The minimum atomic E-state index is -0.862. The Balaban J connectivity index is 1.96. The third-order valence-corrected chi connectivity index (χ3v) is 5.79. The Hall–Kier alpha value is -3.76. The number of H-pyrrole nitrogens is 1. The Kier molecular flexibility index (Phi) is 10.1. The zero-order valence-electron chi connectivity index (χ0n) is 21.3. The molecule has 0 aliphatic rings. The van der Waals surface area contributed by atoms with Crippen LogP contribution in [-0.4, -0.2) is 52.0 Å². The van der Waals surface area contributed by atoms with Crippen LogP contribution in [0.1, 0.15) is 45.4 Å². The van der Waals surface area contributed by atoms with Gasteiger partial charge >= 0.3 is 11.9 Å². The molecule has 0 aliphatic carbocycles. The first-order valence-corrected chi connectivity index (χ1v) is 11.7. The molecular weight excluding hydrogens is 468 g/mol. The van der Waals surface area contributed by atoms with Crippen molar-refractivity contribution < 1.29 is 28.8 Å². The fraction of sp³-hybridized carbons (Fsp3) is 0.520. The Bertz CT molecular complexity index is 1030. The molecule has 1 heterocycles. The molecule has 0 spiro atoms. The highest BCUT2D eigenvalue weighted by atomic mass is 16.6. The van der Waals surface area contributed by atoms with Crippen LogP contribution in [0, 0.1) is 27.9 Å². The number of nitro groups is 1. The van der Waals surface area contributed by atoms with E-state index in [4.69, 9.17) is 9.47 Å². The highest BCUT2D eigenvalue weighted by Crippen LogP contribution is 2.25. The number of nitrogens with one attached hydrogen (secondary N) is 2. The molecular formula is C25H34N4O7. The second-order valence-electron chi connectivity index (χ2n) is 9.72. The van der Waals surface area contributed by atoms with Crippen molar-refractivity contribution in [3.63, 3.8) is 0 Å². The van der Waals surface area contributed by atoms with Gasteiger partial charge in [0, 0.05) is 36.4 Å². The SMILES string of the molecule is COC(=O)[C@H](Cc1cnc[nH]1)CC(C(=O)NC(C)(C)COC(=O)Cc1ccc([N+](=O)[O-])cc1)C(C)C. The summed E-state index contributed by atoms with van der Waals surface area (Å²) in [5.74, 6) is -2.23. The van der Waals surface area contributed by atoms with Gasteiger partial charge in [-0.15, -0.1) is 0 Å². The molecule has 2 atom stereocenters. The van der Waals surface area contributed by atoms with E-state index < -0.39 is 34.2 Å². The molecule has 2 N–H and O–H groups in total. The first-order chi connectivity index (χ1) is 16.9. The maximum Gasteiger partial charge on any atom is 0.310 e. The summed E-state index contributed by atoms with van der Waals surface area (Å²) in [6.45, 7) is 7.23. The van der Waals surface area contributed by atoms with Gasteiger partial charge in [-0.3, -0.25) is 24.5 Å². The molecule has 0 fully saturated rings. The molecule has 0 radical (unpaired) electrons. The number of carbonyl (C=O) groups excluding carboxylic acids is 3. The average Bonchev–Trinajstić information content (AvgIpc) is 3.33. The molecule has 196 valence electrons. The van der Waals surface area contributed by atoms with Gasteiger partial charge in [-0.25, -0.2) is 4.98 Å². The smallest absolute Gasteiger partial charge is 0.310 e. The quantitative estimate of drug-likeness (QED) is 0.241. The number of hydrogen-bond acceptors (Lipinski definition) is 8. The van der Waals surface area contributed by atoms with Crippen molar-refractivity contribution in [2.75, 3.05) is 13.7 Å². The number of nitrogens with zero attached hydrogens (tertiary/aromatic N) is 2. The molecule has 0 saturated heterocycles. The van der Waals surface area contributed by atoms with E-state index in [1.807, 2.05) is 13.8 Å². The monoisotopic (exact) mass is 502 g/mol. The van der Waals surface area contributed by atoms with E-state index in [2.05, 4.69) is 15.3 Å². The standard InChI is InChI=1S/C25H34N4O7/c1-16(2)21(12-18(24(32)35-5)11-19-13-26-15-27-19)23(31)28-25(3,4)14-36-22(30)10-17-6-8-20(9-7-17)29(33)34/h6-9,13,15-16,18,21H,10-12,14H2,1-5H3,(H,26,27)(H,28,31)/t18-,21?/m1/s1. The molecule has 0 aliphatic heterocycles. The fourth-order valence-electron chi connectivity index (χ4n) is 3.76. The van der Waals surface area contributed by atoms with Gasteiger partial charge in [-0.2, -0.15) is 0 Å². The van der Waals surface area contributed by atoms with Gasteiger partial charge in [-0.1, -0.05) is 26.0 Å². The number of non-ortho nitro benzene ring substituents is 1. The first-order valence-electron chi connectivity index (χ1n) is 11.7. The molecule has 1 aromatic heterocycles. The van der Waals surface area contributed by atoms with Crippen LogP contribution in [0.15, 0.2) is 36.8 Å². The summed E-state index contributed by atoms with van der Waals surface area (Å²) in [5.41, 5.74) is 0.432. The Labute approximate surface area is 210 Å². The van der Waals surface area contributed by atoms with Crippen molar-refractivity contribution in [2.24, 2.45) is 17.8 Å². The number of carbonyl (C=O) groups is 3. The number of aromatic nitrogens is 2. The lowest BCUT2D eigenvalue weighted by Gasteiger charge is -2.31. The van der Waals surface area contributed by atoms with Crippen molar-refractivity contribution >= 4 is 23.5 Å². The fourth-order valence-corrected chi connectivity index (χ4v) is 3.76. The summed E-state index contributed by atoms with van der Waals surface area (Å²) in [7, 11) is 1.32. The maximum absolute atomic E-state index is 13.2. The van der Waals surface area contributed by atoms with Crippen LogP contribution in [-0.2, 0) is 36.7 Å². The van der Waals surface area contributed by atoms with Gasteiger partial charge < -0.3 is 19.8 Å². The van der Waals surface area contributed by atoms with E-state index in [-0.39, 0.29) is 37.0 Å². The van der Waals surface area contributed by atoms with Crippen LogP contribution in [0.5, 0.6) is 0 Å². The third-order valence-electron chi connectivity index (χ3n) is 5.79. The summed E-state index contributed by atoms with van der Waals surface area (Å²) < 4.78 is 10.3. The van der Waals surface area contributed by atoms with Crippen LogP contribution >= 0.6 is 0 Å². The van der Waals surface area contributed by atoms with Crippen molar-refractivity contribution in [1.29, 1.82) is 0 Å². The predicted molar refractivity (Wildman–Crippen MR) is 131 cm³/mol. The van der Waals surface area contributed by atoms with Crippen LogP contribution < -0.4 is 5.32 Å². The normalized spacial score (nSPS) is 13.1. The summed E-state index contributed by atoms with van der Waals surface area (Å²) in [6.07, 6.45) is 3.76. The summed E-state index contributed by atoms with van der Waals surface area (Å²) in [4.78, 5) is 55.1. The molecule has 11 heteroatoms. The van der Waals surface area contributed by atoms with E-state index in [0.717, 1.165) is 5.69 Å². The molecule has 2 aromatic rings. The second kappa shape index (κ2) is 12.8. The number of methoxy groups -OCH3 is 1. The zero-order valence-corrected chi connectivity index (χ0v) is 21.3. The number of aromatic amines is 1. The molecule has 1 amide bonds. The number of ether oxygens (including phenoxy) is 2. The van der Waals surface area contributed by atoms with Crippen LogP contribution in [0.4, 0.5) is 5.69 Å². The molecule has 11 nitrogen and oxygen atoms in total. The van der Waals surface area contributed by atoms with E-state index >= 15 is 0 Å². The van der Waals surface area contributed by atoms with Crippen LogP contribution in [0.25, 0.3) is 0 Å². The Morgan fingerprint density at radius 3 is 2.39 bits per heavy atom. The molecule has 1 unspecified atom stereocenters. The zero-order chi connectivity index (χ0) is 26.9. The maximum atomic E-state index is 13.2. The minimum Gasteiger partial charge on any atom is -0.469 e. The lowest BCUT2D eigenvalue weighted by Crippen LogP contribution is -2.50. The lowest BCUT2D eigenvalue weighted by molar-refractivity contribution is -0.384.